The van der Waals surface area contributed by atoms with E-state index >= 15 is 0 Å². The molecule has 4 nitrogen and oxygen atoms in total. The first-order chi connectivity index (χ1) is 8.50. The van der Waals surface area contributed by atoms with E-state index in [1.54, 1.807) is 13.8 Å². The number of rotatable bonds is 5. The lowest BCUT2D eigenvalue weighted by Crippen LogP contribution is -2.33. The summed E-state index contributed by atoms with van der Waals surface area (Å²) in [5.74, 6) is 0.497. The maximum Gasteiger partial charge on any atom is 0.209 e. The fourth-order valence-corrected chi connectivity index (χ4v) is 5.18. The normalized spacial score (nSPS) is 12.5. The highest BCUT2D eigenvalue weighted by molar-refractivity contribution is 9.11. The third kappa shape index (κ3) is 6.12. The van der Waals surface area contributed by atoms with E-state index in [1.165, 1.54) is 0 Å². The van der Waals surface area contributed by atoms with E-state index < -0.39 is 15.4 Å². The van der Waals surface area contributed by atoms with Crippen LogP contribution in [0, 0.1) is 5.41 Å². The molecule has 0 spiro atoms. The van der Waals surface area contributed by atoms with Crippen molar-refractivity contribution < 1.29 is 13.2 Å². The molecule has 0 atom stereocenters. The van der Waals surface area contributed by atoms with Gasteiger partial charge in [0.1, 0.15) is 5.75 Å². The Balaban J connectivity index is 2.83. The number of halogens is 3. The third-order valence-electron chi connectivity index (χ3n) is 2.16. The molecule has 1 aromatic carbocycles. The highest BCUT2D eigenvalue weighted by Crippen LogP contribution is 2.37. The standard InChI is InChI=1S/C11H14Br3NO3S/c1-11(2,6-19(15,16)17)5-18-10-8(13)3-7(12)4-9(10)14/h3-4H,5-6H2,1-2H3,(H2,15,16,17). The Bertz CT molecular complexity index is 550. The molecule has 0 unspecified atom stereocenters. The quantitative estimate of drug-likeness (QED) is 0.700. The molecule has 0 aromatic heterocycles. The number of primary sulfonamides is 1. The van der Waals surface area contributed by atoms with Gasteiger partial charge in [0, 0.05) is 9.89 Å². The van der Waals surface area contributed by atoms with Gasteiger partial charge < -0.3 is 4.74 Å². The van der Waals surface area contributed by atoms with Gasteiger partial charge in [-0.05, 0) is 44.0 Å². The summed E-state index contributed by atoms with van der Waals surface area (Å²) in [6.45, 7) is 3.82. The van der Waals surface area contributed by atoms with Crippen molar-refractivity contribution in [3.63, 3.8) is 0 Å². The monoisotopic (exact) mass is 477 g/mol. The van der Waals surface area contributed by atoms with Crippen molar-refractivity contribution in [1.82, 2.24) is 0 Å². The molecule has 0 amide bonds. The predicted molar refractivity (Wildman–Crippen MR) is 86.8 cm³/mol. The smallest absolute Gasteiger partial charge is 0.209 e. The summed E-state index contributed by atoms with van der Waals surface area (Å²) in [7, 11) is -3.52. The van der Waals surface area contributed by atoms with E-state index in [0.29, 0.717) is 5.75 Å². The summed E-state index contributed by atoms with van der Waals surface area (Å²) >= 11 is 10.2. The first-order valence-electron chi connectivity index (χ1n) is 5.28. The lowest BCUT2D eigenvalue weighted by molar-refractivity contribution is 0.197. The fourth-order valence-electron chi connectivity index (χ4n) is 1.52. The molecule has 0 bridgehead atoms. The van der Waals surface area contributed by atoms with Crippen molar-refractivity contribution in [2.45, 2.75) is 13.8 Å². The molecule has 19 heavy (non-hydrogen) atoms. The summed E-state index contributed by atoms with van der Waals surface area (Å²) in [5, 5.41) is 5.06. The second-order valence-corrected chi connectivity index (χ2v) is 9.20. The number of nitrogens with two attached hydrogens (primary N) is 1. The van der Waals surface area contributed by atoms with E-state index in [-0.39, 0.29) is 12.4 Å². The van der Waals surface area contributed by atoms with Gasteiger partial charge in [0.15, 0.2) is 0 Å². The van der Waals surface area contributed by atoms with Crippen LogP contribution in [0.1, 0.15) is 13.8 Å². The van der Waals surface area contributed by atoms with E-state index in [9.17, 15) is 8.42 Å². The average Bonchev–Trinajstić information content (AvgIpc) is 2.10. The summed E-state index contributed by atoms with van der Waals surface area (Å²) in [6.07, 6.45) is 0. The average molecular weight is 480 g/mol. The number of ether oxygens (including phenoxy) is 1. The summed E-state index contributed by atoms with van der Waals surface area (Å²) in [6, 6.07) is 3.71. The highest BCUT2D eigenvalue weighted by atomic mass is 79.9. The second-order valence-electron chi connectivity index (χ2n) is 4.96. The lowest BCUT2D eigenvalue weighted by atomic mass is 9.98. The molecule has 0 heterocycles. The Morgan fingerprint density at radius 1 is 1.21 bits per heavy atom. The van der Waals surface area contributed by atoms with E-state index in [4.69, 9.17) is 9.88 Å². The molecule has 0 aliphatic rings. The van der Waals surface area contributed by atoms with Gasteiger partial charge in [-0.25, -0.2) is 13.6 Å². The number of sulfonamides is 1. The molecule has 1 aromatic rings. The fraction of sp³-hybridized carbons (Fsp3) is 0.455. The minimum absolute atomic E-state index is 0.133. The van der Waals surface area contributed by atoms with Crippen molar-refractivity contribution in [1.29, 1.82) is 0 Å². The summed E-state index contributed by atoms with van der Waals surface area (Å²) < 4.78 is 30.4. The molecule has 0 fully saturated rings. The van der Waals surface area contributed by atoms with Crippen LogP contribution in [-0.2, 0) is 10.0 Å². The Morgan fingerprint density at radius 2 is 1.68 bits per heavy atom. The van der Waals surface area contributed by atoms with Crippen LogP contribution in [0.4, 0.5) is 0 Å². The van der Waals surface area contributed by atoms with Crippen molar-refractivity contribution in [2.24, 2.45) is 10.6 Å². The summed E-state index contributed by atoms with van der Waals surface area (Å²) in [4.78, 5) is 0. The van der Waals surface area contributed by atoms with Gasteiger partial charge in [-0.2, -0.15) is 0 Å². The topological polar surface area (TPSA) is 69.4 Å². The van der Waals surface area contributed by atoms with Gasteiger partial charge in [0.05, 0.1) is 21.3 Å². The minimum atomic E-state index is -3.52. The number of benzene rings is 1. The number of hydrogen-bond donors (Lipinski definition) is 1. The third-order valence-corrected chi connectivity index (χ3v) is 4.98. The van der Waals surface area contributed by atoms with E-state index in [2.05, 4.69) is 47.8 Å². The van der Waals surface area contributed by atoms with Crippen molar-refractivity contribution >= 4 is 57.8 Å². The van der Waals surface area contributed by atoms with Crippen LogP contribution < -0.4 is 9.88 Å². The van der Waals surface area contributed by atoms with Crippen LogP contribution in [0.2, 0.25) is 0 Å². The first-order valence-corrected chi connectivity index (χ1v) is 9.37. The molecule has 0 aliphatic heterocycles. The molecule has 0 saturated heterocycles. The second kappa shape index (κ2) is 6.43. The van der Waals surface area contributed by atoms with Crippen molar-refractivity contribution in [3.8, 4) is 5.75 Å². The molecule has 0 radical (unpaired) electrons. The zero-order valence-electron chi connectivity index (χ0n) is 10.4. The predicted octanol–water partition coefficient (Wildman–Crippen LogP) is 3.67. The maximum absolute atomic E-state index is 11.1. The van der Waals surface area contributed by atoms with Gasteiger partial charge in [0.2, 0.25) is 10.0 Å². The van der Waals surface area contributed by atoms with Crippen LogP contribution >= 0.6 is 47.8 Å². The SMILES string of the molecule is CC(C)(COc1c(Br)cc(Br)cc1Br)CS(N)(=O)=O. The molecular formula is C11H14Br3NO3S. The van der Waals surface area contributed by atoms with Gasteiger partial charge in [-0.15, -0.1) is 0 Å². The molecule has 0 saturated carbocycles. The van der Waals surface area contributed by atoms with Gasteiger partial charge >= 0.3 is 0 Å². The van der Waals surface area contributed by atoms with E-state index in [1.807, 2.05) is 12.1 Å². The largest absolute Gasteiger partial charge is 0.491 e. The molecule has 0 aliphatic carbocycles. The van der Waals surface area contributed by atoms with Gasteiger partial charge in [-0.3, -0.25) is 0 Å². The van der Waals surface area contributed by atoms with E-state index in [0.717, 1.165) is 13.4 Å². The Labute approximate surface area is 138 Å². The number of hydrogen-bond acceptors (Lipinski definition) is 3. The van der Waals surface area contributed by atoms with Crippen LogP contribution in [0.15, 0.2) is 25.6 Å². The lowest BCUT2D eigenvalue weighted by Gasteiger charge is -2.24. The zero-order valence-corrected chi connectivity index (χ0v) is 16.0. The molecule has 8 heteroatoms. The van der Waals surface area contributed by atoms with Gasteiger partial charge in [0.25, 0.3) is 0 Å². The van der Waals surface area contributed by atoms with Crippen LogP contribution in [-0.4, -0.2) is 20.8 Å². The van der Waals surface area contributed by atoms with Crippen LogP contribution in [0.5, 0.6) is 5.75 Å². The summed E-state index contributed by atoms with van der Waals surface area (Å²) in [5.41, 5.74) is -0.570. The van der Waals surface area contributed by atoms with Crippen molar-refractivity contribution in [2.75, 3.05) is 12.4 Å². The Morgan fingerprint density at radius 3 is 2.11 bits per heavy atom. The zero-order chi connectivity index (χ0) is 14.8. The Kier molecular flexibility index (Phi) is 5.89. The van der Waals surface area contributed by atoms with Crippen LogP contribution in [0.3, 0.4) is 0 Å². The Hall–Kier alpha value is 0.370. The maximum atomic E-state index is 11.1. The first kappa shape index (κ1) is 17.4. The van der Waals surface area contributed by atoms with Crippen molar-refractivity contribution in [3.05, 3.63) is 25.6 Å². The highest BCUT2D eigenvalue weighted by Gasteiger charge is 2.25. The minimum Gasteiger partial charge on any atom is -0.491 e. The van der Waals surface area contributed by atoms with Gasteiger partial charge in [-0.1, -0.05) is 29.8 Å². The molecule has 108 valence electrons. The van der Waals surface area contributed by atoms with Crippen LogP contribution in [0.25, 0.3) is 0 Å². The molecule has 1 rings (SSSR count). The molecular weight excluding hydrogens is 466 g/mol. The molecule has 2 N–H and O–H groups in total.